The van der Waals surface area contributed by atoms with E-state index in [-0.39, 0.29) is 5.38 Å². The highest BCUT2D eigenvalue weighted by atomic mass is 35.5. The van der Waals surface area contributed by atoms with Crippen molar-refractivity contribution in [3.8, 4) is 5.75 Å². The lowest BCUT2D eigenvalue weighted by Gasteiger charge is -2.17. The molecule has 0 saturated carbocycles. The Morgan fingerprint density at radius 2 is 1.84 bits per heavy atom. The van der Waals surface area contributed by atoms with Gasteiger partial charge in [-0.3, -0.25) is 0 Å². The fraction of sp³-hybridized carbons (Fsp3) is 0.200. The van der Waals surface area contributed by atoms with Crippen LogP contribution in [0.15, 0.2) is 47.4 Å². The Morgan fingerprint density at radius 3 is 2.53 bits per heavy atom. The molecule has 0 radical (unpaired) electrons. The predicted octanol–water partition coefficient (Wildman–Crippen LogP) is 5.40. The molecule has 2 aromatic rings. The van der Waals surface area contributed by atoms with E-state index in [2.05, 4.69) is 6.07 Å². The molecule has 0 heterocycles. The monoisotopic (exact) mass is 312 g/mol. The first kappa shape index (κ1) is 14.6. The number of alkyl halides is 1. The molecular formula is C15H14Cl2OS. The third-order valence-corrected chi connectivity index (χ3v) is 4.39. The second kappa shape index (κ2) is 6.56. The van der Waals surface area contributed by atoms with Crippen LogP contribution in [0.25, 0.3) is 0 Å². The van der Waals surface area contributed by atoms with Gasteiger partial charge in [-0.25, -0.2) is 0 Å². The van der Waals surface area contributed by atoms with Gasteiger partial charge in [0.05, 0.1) is 12.5 Å². The molecule has 0 saturated heterocycles. The molecule has 0 aliphatic heterocycles. The second-order valence-corrected chi connectivity index (χ2v) is 5.71. The van der Waals surface area contributed by atoms with Gasteiger partial charge in [0.15, 0.2) is 0 Å². The summed E-state index contributed by atoms with van der Waals surface area (Å²) in [5.74, 6) is 0.750. The van der Waals surface area contributed by atoms with E-state index < -0.39 is 0 Å². The summed E-state index contributed by atoms with van der Waals surface area (Å²) in [5.41, 5.74) is 1.95. The molecule has 19 heavy (non-hydrogen) atoms. The third kappa shape index (κ3) is 3.19. The highest BCUT2D eigenvalue weighted by molar-refractivity contribution is 7.98. The average Bonchev–Trinajstić information content (AvgIpc) is 2.46. The van der Waals surface area contributed by atoms with Crippen molar-refractivity contribution < 1.29 is 4.74 Å². The molecular weight excluding hydrogens is 299 g/mol. The molecule has 0 amide bonds. The number of hydrogen-bond acceptors (Lipinski definition) is 2. The van der Waals surface area contributed by atoms with Crippen LogP contribution in [0, 0.1) is 0 Å². The fourth-order valence-electron chi connectivity index (χ4n) is 1.95. The van der Waals surface area contributed by atoms with Crippen molar-refractivity contribution in [1.82, 2.24) is 0 Å². The minimum absolute atomic E-state index is 0.280. The molecule has 1 unspecified atom stereocenters. The van der Waals surface area contributed by atoms with E-state index in [4.69, 9.17) is 27.9 Å². The molecule has 1 atom stereocenters. The zero-order valence-corrected chi connectivity index (χ0v) is 13.0. The zero-order valence-electron chi connectivity index (χ0n) is 10.7. The molecule has 0 bridgehead atoms. The van der Waals surface area contributed by atoms with Crippen molar-refractivity contribution in [3.05, 3.63) is 58.6 Å². The van der Waals surface area contributed by atoms with E-state index in [0.29, 0.717) is 5.02 Å². The van der Waals surface area contributed by atoms with Crippen LogP contribution < -0.4 is 4.74 Å². The Labute approximate surface area is 127 Å². The normalized spacial score (nSPS) is 12.2. The van der Waals surface area contributed by atoms with Gasteiger partial charge in [0.2, 0.25) is 0 Å². The minimum atomic E-state index is -0.280. The second-order valence-electron chi connectivity index (χ2n) is 3.99. The lowest BCUT2D eigenvalue weighted by atomic mass is 10.0. The summed E-state index contributed by atoms with van der Waals surface area (Å²) in [6.45, 7) is 0. The maximum absolute atomic E-state index is 6.62. The van der Waals surface area contributed by atoms with Crippen molar-refractivity contribution in [2.45, 2.75) is 10.3 Å². The van der Waals surface area contributed by atoms with Crippen LogP contribution in [-0.4, -0.2) is 13.4 Å². The first-order chi connectivity index (χ1) is 9.17. The van der Waals surface area contributed by atoms with Gasteiger partial charge in [-0.1, -0.05) is 29.8 Å². The molecule has 4 heteroatoms. The van der Waals surface area contributed by atoms with Crippen LogP contribution in [0.2, 0.25) is 5.02 Å². The molecule has 2 rings (SSSR count). The van der Waals surface area contributed by atoms with Crippen LogP contribution in [0.5, 0.6) is 5.75 Å². The lowest BCUT2D eigenvalue weighted by molar-refractivity contribution is 0.410. The highest BCUT2D eigenvalue weighted by Crippen LogP contribution is 2.39. The van der Waals surface area contributed by atoms with Gasteiger partial charge in [-0.05, 0) is 36.1 Å². The summed E-state index contributed by atoms with van der Waals surface area (Å²) in [6, 6.07) is 13.6. The van der Waals surface area contributed by atoms with Gasteiger partial charge in [0.25, 0.3) is 0 Å². The largest absolute Gasteiger partial charge is 0.496 e. The Bertz CT molecular complexity index is 572. The maximum Gasteiger partial charge on any atom is 0.123 e. The number of benzene rings is 2. The average molecular weight is 313 g/mol. The summed E-state index contributed by atoms with van der Waals surface area (Å²) in [5, 5.41) is 0.375. The Morgan fingerprint density at radius 1 is 1.11 bits per heavy atom. The van der Waals surface area contributed by atoms with Crippen molar-refractivity contribution in [3.63, 3.8) is 0 Å². The number of ether oxygens (including phenoxy) is 1. The zero-order chi connectivity index (χ0) is 13.8. The maximum atomic E-state index is 6.62. The van der Waals surface area contributed by atoms with Gasteiger partial charge in [-0.2, -0.15) is 0 Å². The Kier molecular flexibility index (Phi) is 5.03. The molecule has 0 fully saturated rings. The molecule has 0 N–H and O–H groups in total. The predicted molar refractivity (Wildman–Crippen MR) is 83.9 cm³/mol. The van der Waals surface area contributed by atoms with Crippen LogP contribution >= 0.6 is 35.0 Å². The van der Waals surface area contributed by atoms with E-state index in [9.17, 15) is 0 Å². The lowest BCUT2D eigenvalue weighted by Crippen LogP contribution is -1.99. The number of methoxy groups -OCH3 is 1. The minimum Gasteiger partial charge on any atom is -0.496 e. The molecule has 0 aromatic heterocycles. The van der Waals surface area contributed by atoms with Gasteiger partial charge in [0.1, 0.15) is 5.75 Å². The smallest absolute Gasteiger partial charge is 0.123 e. The van der Waals surface area contributed by atoms with Gasteiger partial charge < -0.3 is 4.74 Å². The molecule has 2 aromatic carbocycles. The van der Waals surface area contributed by atoms with Gasteiger partial charge in [0, 0.05) is 15.5 Å². The van der Waals surface area contributed by atoms with E-state index in [0.717, 1.165) is 21.8 Å². The quantitative estimate of drug-likeness (QED) is 0.552. The summed E-state index contributed by atoms with van der Waals surface area (Å²) in [4.78, 5) is 1.16. The van der Waals surface area contributed by atoms with Crippen LogP contribution in [0.1, 0.15) is 16.5 Å². The van der Waals surface area contributed by atoms with Crippen molar-refractivity contribution in [1.29, 1.82) is 0 Å². The summed E-state index contributed by atoms with van der Waals surface area (Å²) < 4.78 is 5.37. The van der Waals surface area contributed by atoms with E-state index >= 15 is 0 Å². The topological polar surface area (TPSA) is 9.23 Å². The van der Waals surface area contributed by atoms with E-state index in [1.165, 1.54) is 0 Å². The summed E-state index contributed by atoms with van der Waals surface area (Å²) in [7, 11) is 1.64. The molecule has 100 valence electrons. The third-order valence-electron chi connectivity index (χ3n) is 2.88. The van der Waals surface area contributed by atoms with Crippen molar-refractivity contribution >= 4 is 35.0 Å². The molecule has 0 spiro atoms. The summed E-state index contributed by atoms with van der Waals surface area (Å²) >= 11 is 14.4. The Hall–Kier alpha value is -0.830. The van der Waals surface area contributed by atoms with E-state index in [1.54, 1.807) is 24.9 Å². The van der Waals surface area contributed by atoms with Crippen LogP contribution in [-0.2, 0) is 0 Å². The van der Waals surface area contributed by atoms with Crippen molar-refractivity contribution in [2.24, 2.45) is 0 Å². The van der Waals surface area contributed by atoms with Gasteiger partial charge in [-0.15, -0.1) is 23.4 Å². The molecule has 0 aliphatic carbocycles. The highest BCUT2D eigenvalue weighted by Gasteiger charge is 2.18. The van der Waals surface area contributed by atoms with Crippen LogP contribution in [0.3, 0.4) is 0 Å². The van der Waals surface area contributed by atoms with Gasteiger partial charge >= 0.3 is 0 Å². The number of halogens is 2. The standard InChI is InChI=1S/C15H14Cl2OS/c1-18-13-8-7-10(16)9-12(13)15(17)11-5-3-4-6-14(11)19-2/h3-9,15H,1-2H3. The summed E-state index contributed by atoms with van der Waals surface area (Å²) in [6.07, 6.45) is 2.04. The molecule has 1 nitrogen and oxygen atoms in total. The molecule has 0 aliphatic rings. The number of hydrogen-bond donors (Lipinski definition) is 0. The number of thioether (sulfide) groups is 1. The first-order valence-electron chi connectivity index (χ1n) is 5.77. The van der Waals surface area contributed by atoms with Crippen molar-refractivity contribution in [2.75, 3.05) is 13.4 Å². The van der Waals surface area contributed by atoms with Crippen LogP contribution in [0.4, 0.5) is 0 Å². The first-order valence-corrected chi connectivity index (χ1v) is 7.81. The SMILES string of the molecule is COc1ccc(Cl)cc1C(Cl)c1ccccc1SC. The fourth-order valence-corrected chi connectivity index (χ4v) is 3.19. The Balaban J connectivity index is 2.49. The van der Waals surface area contributed by atoms with E-state index in [1.807, 2.05) is 36.6 Å². The number of rotatable bonds is 4.